The summed E-state index contributed by atoms with van der Waals surface area (Å²) in [5, 5.41) is 10.1. The number of hydrogen-bond donors (Lipinski definition) is 1. The van der Waals surface area contributed by atoms with Gasteiger partial charge in [0, 0.05) is 37.5 Å². The quantitative estimate of drug-likeness (QED) is 0.691. The summed E-state index contributed by atoms with van der Waals surface area (Å²) >= 11 is 0. The summed E-state index contributed by atoms with van der Waals surface area (Å²) in [6.07, 6.45) is 10.9. The van der Waals surface area contributed by atoms with Crippen molar-refractivity contribution in [2.24, 2.45) is 17.3 Å². The normalized spacial score (nSPS) is 30.2. The highest BCUT2D eigenvalue weighted by molar-refractivity contribution is 5.78. The summed E-state index contributed by atoms with van der Waals surface area (Å²) in [5.74, 6) is 2.73. The Morgan fingerprint density at radius 3 is 2.15 bits per heavy atom. The molecule has 6 nitrogen and oxygen atoms in total. The number of aliphatic hydroxyl groups is 1. The Balaban J connectivity index is 0.000000709. The van der Waals surface area contributed by atoms with Crippen LogP contribution in [0.5, 0.6) is 0 Å². The molecule has 1 spiro atoms. The minimum atomic E-state index is 0.171. The van der Waals surface area contributed by atoms with Gasteiger partial charge in [-0.05, 0) is 56.8 Å². The summed E-state index contributed by atoms with van der Waals surface area (Å²) in [6, 6.07) is 0.757. The van der Waals surface area contributed by atoms with Gasteiger partial charge in [-0.15, -0.1) is 0 Å². The first-order chi connectivity index (χ1) is 15.6. The Labute approximate surface area is 201 Å². The fourth-order valence-electron chi connectivity index (χ4n) is 5.76. The highest BCUT2D eigenvalue weighted by Crippen LogP contribution is 2.54. The van der Waals surface area contributed by atoms with Crippen LogP contribution in [-0.2, 0) is 4.79 Å². The van der Waals surface area contributed by atoms with Crippen molar-refractivity contribution in [3.8, 4) is 0 Å². The molecule has 3 aliphatic rings. The van der Waals surface area contributed by atoms with Gasteiger partial charge in [0.1, 0.15) is 11.6 Å². The van der Waals surface area contributed by atoms with Crippen LogP contribution in [0.1, 0.15) is 91.8 Å². The second kappa shape index (κ2) is 11.3. The summed E-state index contributed by atoms with van der Waals surface area (Å²) < 4.78 is 0. The Kier molecular flexibility index (Phi) is 8.90. The standard InChI is InChI=1S/C23H36N4O2.C4H10/c1-16(2)22-24-12-20(13-25-22)26-8-9-27(21(14-26)15-28)19-10-23(11-19)6-4-18(5-7-23)17(3)29;1-4(2)3/h12-13,16,18-19,21,28H,4-11,14-15H2,1-3H3;4H,1-3H3. The highest BCUT2D eigenvalue weighted by Gasteiger charge is 2.50. The third kappa shape index (κ3) is 6.54. The number of ketones is 1. The van der Waals surface area contributed by atoms with Crippen molar-refractivity contribution in [2.75, 3.05) is 31.1 Å². The molecular weight excluding hydrogens is 412 g/mol. The molecule has 33 heavy (non-hydrogen) atoms. The number of aromatic nitrogens is 2. The van der Waals surface area contributed by atoms with Gasteiger partial charge in [-0.25, -0.2) is 9.97 Å². The molecule has 2 saturated carbocycles. The van der Waals surface area contributed by atoms with Crippen LogP contribution in [-0.4, -0.2) is 64.1 Å². The maximum atomic E-state index is 11.7. The van der Waals surface area contributed by atoms with Crippen LogP contribution in [0, 0.1) is 17.3 Å². The van der Waals surface area contributed by atoms with Crippen LogP contribution in [0.2, 0.25) is 0 Å². The second-order valence-electron chi connectivity index (χ2n) is 11.7. The molecule has 0 bridgehead atoms. The molecule has 1 aromatic rings. The summed E-state index contributed by atoms with van der Waals surface area (Å²) in [7, 11) is 0. The number of Topliss-reactive ketones (excluding diaryl/α,β-unsaturated/α-hetero) is 1. The van der Waals surface area contributed by atoms with E-state index in [4.69, 9.17) is 0 Å². The van der Waals surface area contributed by atoms with Crippen molar-refractivity contribution < 1.29 is 9.90 Å². The maximum Gasteiger partial charge on any atom is 0.132 e. The van der Waals surface area contributed by atoms with E-state index in [9.17, 15) is 9.90 Å². The highest BCUT2D eigenvalue weighted by atomic mass is 16.3. The van der Waals surface area contributed by atoms with Crippen molar-refractivity contribution >= 4 is 11.5 Å². The Hall–Kier alpha value is -1.53. The Morgan fingerprint density at radius 2 is 1.67 bits per heavy atom. The van der Waals surface area contributed by atoms with Gasteiger partial charge in [0.2, 0.25) is 0 Å². The minimum Gasteiger partial charge on any atom is -0.395 e. The lowest BCUT2D eigenvalue weighted by Crippen LogP contribution is -2.63. The largest absolute Gasteiger partial charge is 0.395 e. The molecule has 186 valence electrons. The van der Waals surface area contributed by atoms with Crippen molar-refractivity contribution in [3.63, 3.8) is 0 Å². The van der Waals surface area contributed by atoms with E-state index in [0.717, 1.165) is 49.9 Å². The number of piperazine rings is 1. The van der Waals surface area contributed by atoms with E-state index < -0.39 is 0 Å². The van der Waals surface area contributed by atoms with Gasteiger partial charge >= 0.3 is 0 Å². The van der Waals surface area contributed by atoms with Crippen LogP contribution in [0.15, 0.2) is 12.4 Å². The van der Waals surface area contributed by atoms with Crippen LogP contribution in [0.25, 0.3) is 0 Å². The van der Waals surface area contributed by atoms with Crippen molar-refractivity contribution in [1.29, 1.82) is 0 Å². The van der Waals surface area contributed by atoms with E-state index in [2.05, 4.69) is 54.4 Å². The summed E-state index contributed by atoms with van der Waals surface area (Å²) in [5.41, 5.74) is 1.52. The summed E-state index contributed by atoms with van der Waals surface area (Å²) in [6.45, 7) is 15.4. The maximum absolute atomic E-state index is 11.7. The SMILES string of the molecule is CC(=O)C1CCC2(CC1)CC(N1CCN(c3cnc(C(C)C)nc3)CC1CO)C2.CC(C)C. The van der Waals surface area contributed by atoms with Gasteiger partial charge in [0.25, 0.3) is 0 Å². The summed E-state index contributed by atoms with van der Waals surface area (Å²) in [4.78, 5) is 25.5. The Morgan fingerprint density at radius 1 is 1.09 bits per heavy atom. The van der Waals surface area contributed by atoms with Gasteiger partial charge in [-0.3, -0.25) is 9.69 Å². The number of carbonyl (C=O) groups excluding carboxylic acids is 1. The molecule has 2 heterocycles. The first kappa shape index (κ1) is 26.1. The number of aliphatic hydroxyl groups excluding tert-OH is 1. The van der Waals surface area contributed by atoms with Crippen molar-refractivity contribution in [2.45, 2.75) is 98.1 Å². The number of anilines is 1. The molecule has 1 aromatic heterocycles. The van der Waals surface area contributed by atoms with Crippen LogP contribution in [0.3, 0.4) is 0 Å². The van der Waals surface area contributed by atoms with E-state index in [1.54, 1.807) is 6.92 Å². The zero-order chi connectivity index (χ0) is 24.2. The van der Waals surface area contributed by atoms with Crippen LogP contribution < -0.4 is 4.90 Å². The number of nitrogens with zero attached hydrogens (tertiary/aromatic N) is 4. The molecule has 1 N–H and O–H groups in total. The van der Waals surface area contributed by atoms with Crippen molar-refractivity contribution in [1.82, 2.24) is 14.9 Å². The van der Waals surface area contributed by atoms with E-state index >= 15 is 0 Å². The van der Waals surface area contributed by atoms with Crippen LogP contribution >= 0.6 is 0 Å². The topological polar surface area (TPSA) is 69.6 Å². The number of hydrogen-bond acceptors (Lipinski definition) is 6. The fourth-order valence-corrected chi connectivity index (χ4v) is 5.76. The van der Waals surface area contributed by atoms with Gasteiger partial charge < -0.3 is 10.0 Å². The van der Waals surface area contributed by atoms with Crippen LogP contribution in [0.4, 0.5) is 5.69 Å². The zero-order valence-electron chi connectivity index (χ0n) is 21.8. The number of rotatable bonds is 5. The van der Waals surface area contributed by atoms with Gasteiger partial charge in [0.05, 0.1) is 30.7 Å². The van der Waals surface area contributed by atoms with E-state index in [1.807, 2.05) is 12.4 Å². The third-order valence-electron chi connectivity index (χ3n) is 7.71. The van der Waals surface area contributed by atoms with Gasteiger partial charge in [0.15, 0.2) is 0 Å². The molecule has 1 saturated heterocycles. The van der Waals surface area contributed by atoms with Gasteiger partial charge in [-0.2, -0.15) is 0 Å². The molecule has 0 amide bonds. The molecule has 2 aliphatic carbocycles. The molecular formula is C27H46N4O2. The molecule has 4 rings (SSSR count). The smallest absolute Gasteiger partial charge is 0.132 e. The predicted molar refractivity (Wildman–Crippen MR) is 135 cm³/mol. The van der Waals surface area contributed by atoms with E-state index in [-0.39, 0.29) is 12.6 Å². The second-order valence-corrected chi connectivity index (χ2v) is 11.7. The number of carbonyl (C=O) groups is 1. The molecule has 6 heteroatoms. The molecule has 1 unspecified atom stereocenters. The van der Waals surface area contributed by atoms with E-state index in [0.29, 0.717) is 29.1 Å². The molecule has 0 radical (unpaired) electrons. The van der Waals surface area contributed by atoms with Gasteiger partial charge in [-0.1, -0.05) is 34.6 Å². The lowest BCUT2D eigenvalue weighted by Gasteiger charge is -2.57. The lowest BCUT2D eigenvalue weighted by atomic mass is 9.56. The lowest BCUT2D eigenvalue weighted by molar-refractivity contribution is -0.124. The third-order valence-corrected chi connectivity index (χ3v) is 7.71. The first-order valence-corrected chi connectivity index (χ1v) is 13.1. The molecule has 1 atom stereocenters. The first-order valence-electron chi connectivity index (χ1n) is 13.1. The molecule has 3 fully saturated rings. The molecule has 1 aliphatic heterocycles. The average molecular weight is 459 g/mol. The predicted octanol–water partition coefficient (Wildman–Crippen LogP) is 4.67. The minimum absolute atomic E-state index is 0.171. The molecule has 0 aromatic carbocycles. The monoisotopic (exact) mass is 458 g/mol. The van der Waals surface area contributed by atoms with Crippen molar-refractivity contribution in [3.05, 3.63) is 18.2 Å². The Bertz CT molecular complexity index is 745. The van der Waals surface area contributed by atoms with E-state index in [1.165, 1.54) is 25.7 Å². The fraction of sp³-hybridized carbons (Fsp3) is 0.815. The zero-order valence-corrected chi connectivity index (χ0v) is 21.8. The average Bonchev–Trinajstić information content (AvgIpc) is 2.76.